The van der Waals surface area contributed by atoms with E-state index in [0.29, 0.717) is 19.4 Å². The summed E-state index contributed by atoms with van der Waals surface area (Å²) in [7, 11) is 0. The van der Waals surface area contributed by atoms with Gasteiger partial charge in [-0.15, -0.1) is 0 Å². The molecule has 1 amide bonds. The quantitative estimate of drug-likeness (QED) is 0.589. The molecule has 1 aromatic carbocycles. The topological polar surface area (TPSA) is 77.7 Å². The summed E-state index contributed by atoms with van der Waals surface area (Å²) in [5.74, 6) is -0.0860. The maximum Gasteiger partial charge on any atom is 0.239 e. The van der Waals surface area contributed by atoms with Gasteiger partial charge in [0, 0.05) is 26.1 Å². The van der Waals surface area contributed by atoms with Crippen molar-refractivity contribution >= 4 is 5.91 Å². The van der Waals surface area contributed by atoms with Crippen LogP contribution in [0.3, 0.4) is 0 Å². The second-order valence-electron chi connectivity index (χ2n) is 7.63. The third-order valence-corrected chi connectivity index (χ3v) is 5.54. The van der Waals surface area contributed by atoms with Gasteiger partial charge >= 0.3 is 0 Å². The largest absolute Gasteiger partial charge is 0.349 e. The van der Waals surface area contributed by atoms with Crippen molar-refractivity contribution in [2.24, 2.45) is 0 Å². The molecule has 3 heterocycles. The van der Waals surface area contributed by atoms with E-state index >= 15 is 0 Å². The first-order valence-corrected chi connectivity index (χ1v) is 9.80. The van der Waals surface area contributed by atoms with E-state index in [0.717, 1.165) is 26.1 Å². The van der Waals surface area contributed by atoms with Crippen LogP contribution in [0.4, 0.5) is 4.39 Å². The molecule has 5 unspecified atom stereocenters. The predicted octanol–water partition coefficient (Wildman–Crippen LogP) is 0.244. The highest BCUT2D eigenvalue weighted by molar-refractivity contribution is 5.82. The molecule has 0 saturated carbocycles. The van der Waals surface area contributed by atoms with E-state index in [2.05, 4.69) is 38.7 Å². The van der Waals surface area contributed by atoms with Gasteiger partial charge < -0.3 is 10.6 Å². The van der Waals surface area contributed by atoms with Crippen LogP contribution in [-0.2, 0) is 16.2 Å². The summed E-state index contributed by atoms with van der Waals surface area (Å²) >= 11 is 0. The molecule has 4 N–H and O–H groups in total. The highest BCUT2D eigenvalue weighted by atomic mass is 19.1. The molecular weight excluding hydrogens is 349 g/mol. The number of carbonyl (C=O) groups excluding carboxylic acids is 1. The number of nitrogens with zero attached hydrogens (tertiary/aromatic N) is 1. The van der Waals surface area contributed by atoms with Crippen molar-refractivity contribution in [3.63, 3.8) is 0 Å². The number of alkyl halides is 1. The SMILES string of the molecule is O=C(NC1CNN(Cc2ccccc2)C1)C1CC(C2NCCCC2F)ON1. The van der Waals surface area contributed by atoms with E-state index in [1.165, 1.54) is 5.56 Å². The average molecular weight is 377 g/mol. The summed E-state index contributed by atoms with van der Waals surface area (Å²) < 4.78 is 14.1. The third kappa shape index (κ3) is 4.64. The molecule has 1 aromatic rings. The van der Waals surface area contributed by atoms with Crippen LogP contribution in [-0.4, -0.2) is 61.0 Å². The summed E-state index contributed by atoms with van der Waals surface area (Å²) in [5.41, 5.74) is 7.35. The fraction of sp³-hybridized carbons (Fsp3) is 0.632. The number of carbonyl (C=O) groups is 1. The van der Waals surface area contributed by atoms with Crippen LogP contribution in [0.25, 0.3) is 0 Å². The van der Waals surface area contributed by atoms with Crippen LogP contribution in [0.15, 0.2) is 30.3 Å². The van der Waals surface area contributed by atoms with Crippen molar-refractivity contribution in [2.45, 2.75) is 56.2 Å². The number of amides is 1. The lowest BCUT2D eigenvalue weighted by atomic mass is 9.94. The number of benzene rings is 1. The molecule has 3 aliphatic rings. The van der Waals surface area contributed by atoms with Gasteiger partial charge in [0.25, 0.3) is 0 Å². The van der Waals surface area contributed by atoms with E-state index < -0.39 is 12.2 Å². The fourth-order valence-electron chi connectivity index (χ4n) is 4.07. The second kappa shape index (κ2) is 8.62. The smallest absolute Gasteiger partial charge is 0.239 e. The van der Waals surface area contributed by atoms with E-state index in [4.69, 9.17) is 4.84 Å². The lowest BCUT2D eigenvalue weighted by molar-refractivity contribution is -0.125. The molecule has 3 aliphatic heterocycles. The first-order chi connectivity index (χ1) is 13.2. The molecule has 4 rings (SSSR count). The maximum absolute atomic E-state index is 14.1. The van der Waals surface area contributed by atoms with Crippen LogP contribution in [0.5, 0.6) is 0 Å². The van der Waals surface area contributed by atoms with Gasteiger partial charge in [0.05, 0.1) is 18.2 Å². The summed E-state index contributed by atoms with van der Waals surface area (Å²) in [6, 6.07) is 9.50. The molecule has 7 nitrogen and oxygen atoms in total. The Bertz CT molecular complexity index is 634. The van der Waals surface area contributed by atoms with Crippen molar-refractivity contribution in [3.05, 3.63) is 35.9 Å². The van der Waals surface area contributed by atoms with Crippen LogP contribution < -0.4 is 21.5 Å². The Morgan fingerprint density at radius 3 is 3.00 bits per heavy atom. The normalized spacial score (nSPS) is 34.6. The summed E-state index contributed by atoms with van der Waals surface area (Å²) in [6.45, 7) is 3.04. The molecule has 148 valence electrons. The minimum absolute atomic E-state index is 0.0452. The van der Waals surface area contributed by atoms with Gasteiger partial charge in [-0.25, -0.2) is 9.40 Å². The Hall–Kier alpha value is -1.58. The van der Waals surface area contributed by atoms with Crippen molar-refractivity contribution in [3.8, 4) is 0 Å². The highest BCUT2D eigenvalue weighted by Crippen LogP contribution is 2.23. The standard InChI is InChI=1S/C19H28FN5O2/c20-15-7-4-8-21-18(15)17-9-16(24-27-17)19(26)23-14-10-22-25(12-14)11-13-5-2-1-3-6-13/h1-3,5-6,14-18,21-22,24H,4,7-12H2,(H,23,26). The third-order valence-electron chi connectivity index (χ3n) is 5.54. The number of piperidine rings is 1. The lowest BCUT2D eigenvalue weighted by Crippen LogP contribution is -2.50. The van der Waals surface area contributed by atoms with Crippen LogP contribution in [0, 0.1) is 0 Å². The number of halogens is 1. The number of hydrogen-bond donors (Lipinski definition) is 4. The lowest BCUT2D eigenvalue weighted by Gasteiger charge is -2.30. The molecule has 3 fully saturated rings. The number of hydrogen-bond acceptors (Lipinski definition) is 6. The summed E-state index contributed by atoms with van der Waals surface area (Å²) in [4.78, 5) is 18.1. The Kier molecular flexibility index (Phi) is 5.99. The van der Waals surface area contributed by atoms with Gasteiger partial charge in [-0.1, -0.05) is 30.3 Å². The van der Waals surface area contributed by atoms with Gasteiger partial charge in [-0.2, -0.15) is 5.48 Å². The molecule has 0 radical (unpaired) electrons. The predicted molar refractivity (Wildman–Crippen MR) is 99.1 cm³/mol. The minimum Gasteiger partial charge on any atom is -0.349 e. The van der Waals surface area contributed by atoms with Gasteiger partial charge in [-0.3, -0.25) is 15.1 Å². The number of nitrogens with one attached hydrogen (secondary N) is 4. The summed E-state index contributed by atoms with van der Waals surface area (Å²) in [5, 5.41) is 8.37. The molecule has 0 aromatic heterocycles. The zero-order valence-electron chi connectivity index (χ0n) is 15.4. The van der Waals surface area contributed by atoms with E-state index in [1.807, 2.05) is 18.2 Å². The van der Waals surface area contributed by atoms with Crippen LogP contribution in [0.2, 0.25) is 0 Å². The fourth-order valence-corrected chi connectivity index (χ4v) is 4.07. The number of rotatable bonds is 5. The molecule has 0 spiro atoms. The van der Waals surface area contributed by atoms with Crippen molar-refractivity contribution in [1.82, 2.24) is 26.5 Å². The molecule has 0 aliphatic carbocycles. The van der Waals surface area contributed by atoms with Gasteiger partial charge in [-0.05, 0) is 24.9 Å². The monoisotopic (exact) mass is 377 g/mol. The molecule has 5 atom stereocenters. The number of hydroxylamine groups is 1. The Balaban J connectivity index is 1.23. The van der Waals surface area contributed by atoms with Crippen LogP contribution >= 0.6 is 0 Å². The Morgan fingerprint density at radius 1 is 1.33 bits per heavy atom. The maximum atomic E-state index is 14.1. The van der Waals surface area contributed by atoms with Gasteiger partial charge in [0.15, 0.2) is 0 Å². The number of hydrazine groups is 1. The Labute approximate surface area is 158 Å². The molecule has 8 heteroatoms. The van der Waals surface area contributed by atoms with E-state index in [1.54, 1.807) is 0 Å². The van der Waals surface area contributed by atoms with Crippen LogP contribution in [0.1, 0.15) is 24.8 Å². The van der Waals surface area contributed by atoms with E-state index in [-0.39, 0.29) is 24.1 Å². The van der Waals surface area contributed by atoms with Crippen molar-refractivity contribution < 1.29 is 14.0 Å². The zero-order valence-corrected chi connectivity index (χ0v) is 15.4. The molecule has 27 heavy (non-hydrogen) atoms. The first kappa shape index (κ1) is 18.8. The van der Waals surface area contributed by atoms with Gasteiger partial charge in [0.1, 0.15) is 12.2 Å². The molecule has 0 bridgehead atoms. The Morgan fingerprint density at radius 2 is 2.19 bits per heavy atom. The second-order valence-corrected chi connectivity index (χ2v) is 7.63. The minimum atomic E-state index is -0.919. The highest BCUT2D eigenvalue weighted by Gasteiger charge is 2.40. The first-order valence-electron chi connectivity index (χ1n) is 9.80. The molecule has 3 saturated heterocycles. The zero-order chi connectivity index (χ0) is 18.6. The van der Waals surface area contributed by atoms with Crippen molar-refractivity contribution in [1.29, 1.82) is 0 Å². The molecular formula is C19H28FN5O2. The average Bonchev–Trinajstić information content (AvgIpc) is 3.33. The van der Waals surface area contributed by atoms with Gasteiger partial charge in [0.2, 0.25) is 5.91 Å². The summed E-state index contributed by atoms with van der Waals surface area (Å²) in [6.07, 6.45) is 0.651. The van der Waals surface area contributed by atoms with Crippen molar-refractivity contribution in [2.75, 3.05) is 19.6 Å². The van der Waals surface area contributed by atoms with E-state index in [9.17, 15) is 9.18 Å².